The molecular weight excluding hydrogens is 420 g/mol. The number of urea groups is 1. The second kappa shape index (κ2) is 10.6. The van der Waals surface area contributed by atoms with E-state index in [9.17, 15) is 13.2 Å². The topological polar surface area (TPSA) is 75.3 Å². The number of carbonyl (C=O) groups is 1. The maximum absolute atomic E-state index is 12.9. The number of carbonyl (C=O) groups excluding carboxylic acids is 1. The van der Waals surface area contributed by atoms with Crippen LogP contribution in [0.4, 0.5) is 10.5 Å². The van der Waals surface area contributed by atoms with Crippen molar-refractivity contribution in [2.75, 3.05) is 5.32 Å². The number of hydrogen-bond acceptors (Lipinski definition) is 3. The molecule has 2 N–H and O–H groups in total. The van der Waals surface area contributed by atoms with Crippen LogP contribution in [0.3, 0.4) is 0 Å². The third kappa shape index (κ3) is 6.10. The van der Waals surface area contributed by atoms with Gasteiger partial charge in [0.25, 0.3) is 0 Å². The maximum Gasteiger partial charge on any atom is 0.319 e. The molecule has 32 heavy (non-hydrogen) atoms. The Kier molecular flexibility index (Phi) is 7.91. The Labute approximate surface area is 191 Å². The first kappa shape index (κ1) is 23.8. The summed E-state index contributed by atoms with van der Waals surface area (Å²) in [5.74, 6) is -0.0442. The van der Waals surface area contributed by atoms with Gasteiger partial charge in [0.1, 0.15) is 0 Å². The summed E-state index contributed by atoms with van der Waals surface area (Å²) in [5.41, 5.74) is 4.88. The number of benzene rings is 2. The Morgan fingerprint density at radius 3 is 2.34 bits per heavy atom. The Bertz CT molecular complexity index is 1120. The van der Waals surface area contributed by atoms with Crippen LogP contribution in [-0.4, -0.2) is 20.5 Å². The largest absolute Gasteiger partial charge is 0.331 e. The molecule has 170 valence electrons. The standard InChI is InChI=1S/C26H32N2O3S/c1-4-21-12-11-20(17-22(21)5-2)18-32(30,31)25-15-13-24(14-16-25)28-26(29)27-19(3)23-9-7-6-8-10-23/h7,9-17,19H,4-6,8,18H2,1-3H3,(H2,27,28,29). The van der Waals surface area contributed by atoms with Gasteiger partial charge < -0.3 is 10.6 Å². The molecule has 0 fully saturated rings. The van der Waals surface area contributed by atoms with Crippen LogP contribution in [0.2, 0.25) is 0 Å². The lowest BCUT2D eigenvalue weighted by atomic mass is 10.0. The van der Waals surface area contributed by atoms with Crippen molar-refractivity contribution in [2.45, 2.75) is 63.1 Å². The number of nitrogens with one attached hydrogen (secondary N) is 2. The summed E-state index contributed by atoms with van der Waals surface area (Å²) in [7, 11) is -3.48. The van der Waals surface area contributed by atoms with E-state index in [0.29, 0.717) is 5.69 Å². The van der Waals surface area contributed by atoms with Gasteiger partial charge in [-0.2, -0.15) is 0 Å². The van der Waals surface area contributed by atoms with Crippen LogP contribution >= 0.6 is 0 Å². The fraction of sp³-hybridized carbons (Fsp3) is 0.346. The predicted octanol–water partition coefficient (Wildman–Crippen LogP) is 5.57. The number of allylic oxidation sites excluding steroid dienone is 2. The van der Waals surface area contributed by atoms with Crippen LogP contribution < -0.4 is 10.6 Å². The van der Waals surface area contributed by atoms with E-state index in [0.717, 1.165) is 36.8 Å². The zero-order valence-corrected chi connectivity index (χ0v) is 19.8. The highest BCUT2D eigenvalue weighted by Gasteiger charge is 2.17. The van der Waals surface area contributed by atoms with Gasteiger partial charge in [0, 0.05) is 5.69 Å². The van der Waals surface area contributed by atoms with E-state index in [1.54, 1.807) is 24.3 Å². The molecule has 1 unspecified atom stereocenters. The van der Waals surface area contributed by atoms with E-state index in [4.69, 9.17) is 0 Å². The third-order valence-electron chi connectivity index (χ3n) is 5.73. The van der Waals surface area contributed by atoms with E-state index in [1.165, 1.54) is 11.1 Å². The first-order valence-electron chi connectivity index (χ1n) is 11.2. The zero-order chi connectivity index (χ0) is 23.1. The van der Waals surface area contributed by atoms with E-state index in [2.05, 4.69) is 36.6 Å². The SMILES string of the molecule is CCc1ccc(CS(=O)(=O)c2ccc(NC(=O)NC(C)C3=CCCC=C3)cc2)cc1CC. The average Bonchev–Trinajstić information content (AvgIpc) is 2.79. The quantitative estimate of drug-likeness (QED) is 0.550. The Morgan fingerprint density at radius 2 is 1.72 bits per heavy atom. The minimum absolute atomic E-state index is 0.0442. The molecule has 0 heterocycles. The molecule has 0 aromatic heterocycles. The van der Waals surface area contributed by atoms with Crippen molar-refractivity contribution in [3.05, 3.63) is 83.0 Å². The number of amides is 2. The lowest BCUT2D eigenvalue weighted by Crippen LogP contribution is -2.37. The highest BCUT2D eigenvalue weighted by atomic mass is 32.2. The number of anilines is 1. The molecule has 0 aliphatic heterocycles. The van der Waals surface area contributed by atoms with Crippen molar-refractivity contribution in [3.63, 3.8) is 0 Å². The normalized spacial score (nSPS) is 14.5. The molecule has 3 rings (SSSR count). The van der Waals surface area contributed by atoms with Crippen LogP contribution in [0.15, 0.2) is 71.2 Å². The molecular formula is C26H32N2O3S. The lowest BCUT2D eigenvalue weighted by Gasteiger charge is -2.18. The van der Waals surface area contributed by atoms with Crippen molar-refractivity contribution in [3.8, 4) is 0 Å². The van der Waals surface area contributed by atoms with Gasteiger partial charge >= 0.3 is 6.03 Å². The molecule has 1 atom stereocenters. The fourth-order valence-electron chi connectivity index (χ4n) is 3.89. The van der Waals surface area contributed by atoms with Gasteiger partial charge in [0.15, 0.2) is 9.84 Å². The van der Waals surface area contributed by atoms with Crippen LogP contribution in [0.25, 0.3) is 0 Å². The summed E-state index contributed by atoms with van der Waals surface area (Å²) < 4.78 is 25.8. The molecule has 2 aromatic rings. The highest BCUT2D eigenvalue weighted by Crippen LogP contribution is 2.21. The number of hydrogen-bond donors (Lipinski definition) is 2. The van der Waals surface area contributed by atoms with Gasteiger partial charge in [-0.1, -0.05) is 50.3 Å². The first-order chi connectivity index (χ1) is 15.3. The molecule has 0 saturated heterocycles. The van der Waals surface area contributed by atoms with Gasteiger partial charge in [0.2, 0.25) is 0 Å². The van der Waals surface area contributed by atoms with Crippen LogP contribution in [0.5, 0.6) is 0 Å². The Balaban J connectivity index is 1.63. The van der Waals surface area contributed by atoms with Crippen molar-refractivity contribution < 1.29 is 13.2 Å². The lowest BCUT2D eigenvalue weighted by molar-refractivity contribution is 0.250. The minimum Gasteiger partial charge on any atom is -0.331 e. The number of sulfone groups is 1. The summed E-state index contributed by atoms with van der Waals surface area (Å²) in [6.45, 7) is 6.12. The summed E-state index contributed by atoms with van der Waals surface area (Å²) in [4.78, 5) is 12.6. The third-order valence-corrected chi connectivity index (χ3v) is 7.44. The number of rotatable bonds is 8. The monoisotopic (exact) mass is 452 g/mol. The van der Waals surface area contributed by atoms with Crippen LogP contribution in [0.1, 0.15) is 50.3 Å². The number of aryl methyl sites for hydroxylation is 2. The highest BCUT2D eigenvalue weighted by molar-refractivity contribution is 7.90. The minimum atomic E-state index is -3.48. The average molecular weight is 453 g/mol. The van der Waals surface area contributed by atoms with E-state index in [-0.39, 0.29) is 22.7 Å². The van der Waals surface area contributed by atoms with Crippen molar-refractivity contribution in [1.82, 2.24) is 5.32 Å². The molecule has 2 aromatic carbocycles. The zero-order valence-electron chi connectivity index (χ0n) is 19.0. The second-order valence-electron chi connectivity index (χ2n) is 8.10. The van der Waals surface area contributed by atoms with E-state index >= 15 is 0 Å². The summed E-state index contributed by atoms with van der Waals surface area (Å²) >= 11 is 0. The molecule has 5 nitrogen and oxygen atoms in total. The predicted molar refractivity (Wildman–Crippen MR) is 131 cm³/mol. The van der Waals surface area contributed by atoms with Gasteiger partial charge in [-0.3, -0.25) is 0 Å². The molecule has 6 heteroatoms. The van der Waals surface area contributed by atoms with Crippen LogP contribution in [-0.2, 0) is 28.4 Å². The summed E-state index contributed by atoms with van der Waals surface area (Å²) in [5, 5.41) is 5.68. The maximum atomic E-state index is 12.9. The molecule has 1 aliphatic rings. The summed E-state index contributed by atoms with van der Waals surface area (Å²) in [6.07, 6.45) is 10.1. The molecule has 1 aliphatic carbocycles. The molecule has 0 bridgehead atoms. The Hall–Kier alpha value is -2.86. The van der Waals surface area contributed by atoms with Crippen molar-refractivity contribution in [2.24, 2.45) is 0 Å². The van der Waals surface area contributed by atoms with Gasteiger partial charge in [0.05, 0.1) is 16.7 Å². The van der Waals surface area contributed by atoms with Gasteiger partial charge in [-0.15, -0.1) is 0 Å². The molecule has 0 spiro atoms. The molecule has 0 radical (unpaired) electrons. The Morgan fingerprint density at radius 1 is 1.00 bits per heavy atom. The van der Waals surface area contributed by atoms with Gasteiger partial charge in [-0.05, 0) is 79.1 Å². The first-order valence-corrected chi connectivity index (χ1v) is 12.8. The van der Waals surface area contributed by atoms with E-state index < -0.39 is 9.84 Å². The van der Waals surface area contributed by atoms with Crippen molar-refractivity contribution >= 4 is 21.6 Å². The second-order valence-corrected chi connectivity index (χ2v) is 10.1. The molecule has 2 amide bonds. The van der Waals surface area contributed by atoms with Crippen LogP contribution in [0, 0.1) is 0 Å². The fourth-order valence-corrected chi connectivity index (χ4v) is 5.23. The van der Waals surface area contributed by atoms with Gasteiger partial charge in [-0.25, -0.2) is 13.2 Å². The molecule has 0 saturated carbocycles. The smallest absolute Gasteiger partial charge is 0.319 e. The summed E-state index contributed by atoms with van der Waals surface area (Å²) in [6, 6.07) is 11.8. The van der Waals surface area contributed by atoms with E-state index in [1.807, 2.05) is 31.2 Å². The van der Waals surface area contributed by atoms with Crippen molar-refractivity contribution in [1.29, 1.82) is 0 Å².